The molecule has 0 N–H and O–H groups in total. The van der Waals surface area contributed by atoms with E-state index in [4.69, 9.17) is 9.47 Å². The molecule has 0 radical (unpaired) electrons. The molecule has 3 aliphatic rings. The minimum atomic E-state index is -1.54. The lowest BCUT2D eigenvalue weighted by Gasteiger charge is -2.37. The van der Waals surface area contributed by atoms with Crippen molar-refractivity contribution < 1.29 is 18.3 Å². The first-order chi connectivity index (χ1) is 12.1. The van der Waals surface area contributed by atoms with Crippen molar-refractivity contribution in [1.29, 1.82) is 0 Å². The zero-order valence-corrected chi connectivity index (χ0v) is 15.6. The predicted molar refractivity (Wildman–Crippen MR) is 95.3 cm³/mol. The van der Waals surface area contributed by atoms with Crippen LogP contribution in [0.25, 0.3) is 0 Å². The van der Waals surface area contributed by atoms with E-state index >= 15 is 0 Å². The number of hydrogen-bond donors (Lipinski definition) is 0. The van der Waals surface area contributed by atoms with E-state index in [1.165, 1.54) is 38.5 Å². The molecule has 3 rings (SSSR count). The Morgan fingerprint density at radius 1 is 0.840 bits per heavy atom. The summed E-state index contributed by atoms with van der Waals surface area (Å²) in [5.41, 5.74) is 0. The highest BCUT2D eigenvalue weighted by atomic mass is 19.3. The summed E-state index contributed by atoms with van der Waals surface area (Å²) in [6.07, 6.45) is 11.1. The molecule has 2 aliphatic carbocycles. The summed E-state index contributed by atoms with van der Waals surface area (Å²) in [6.45, 7) is 4.00. The molecule has 1 aliphatic heterocycles. The predicted octanol–water partition coefficient (Wildman–Crippen LogP) is 6.17. The molecule has 2 nitrogen and oxygen atoms in total. The van der Waals surface area contributed by atoms with Crippen molar-refractivity contribution in [2.45, 2.75) is 77.4 Å². The molecule has 0 atom stereocenters. The second-order valence-electron chi connectivity index (χ2n) is 8.74. The van der Waals surface area contributed by atoms with Crippen LogP contribution in [-0.2, 0) is 9.47 Å². The Morgan fingerprint density at radius 3 is 2.04 bits per heavy atom. The van der Waals surface area contributed by atoms with Crippen LogP contribution in [0.5, 0.6) is 0 Å². The Kier molecular flexibility index (Phi) is 7.29. The van der Waals surface area contributed by atoms with Crippen LogP contribution in [0, 0.1) is 29.6 Å². The van der Waals surface area contributed by atoms with Gasteiger partial charge in [-0.25, -0.2) is 0 Å². The van der Waals surface area contributed by atoms with Crippen LogP contribution in [0.15, 0.2) is 12.2 Å². The Hall–Kier alpha value is -0.480. The van der Waals surface area contributed by atoms with Crippen molar-refractivity contribution in [2.24, 2.45) is 29.6 Å². The van der Waals surface area contributed by atoms with Crippen molar-refractivity contribution in [2.75, 3.05) is 13.2 Å². The molecule has 25 heavy (non-hydrogen) atoms. The van der Waals surface area contributed by atoms with Gasteiger partial charge in [0.15, 0.2) is 6.29 Å². The van der Waals surface area contributed by atoms with Gasteiger partial charge in [0, 0.05) is 11.8 Å². The van der Waals surface area contributed by atoms with Crippen LogP contribution in [0.2, 0.25) is 0 Å². The molecule has 3 fully saturated rings. The SMILES string of the molecule is CC1CCC(CCC2COC(C3CCC(C=C(F)F)CC3)OC2)CC1. The third-order valence-corrected chi connectivity index (χ3v) is 6.67. The molecular formula is C21H34F2O2. The minimum absolute atomic E-state index is 0.0378. The van der Waals surface area contributed by atoms with Gasteiger partial charge in [-0.15, -0.1) is 0 Å². The molecular weight excluding hydrogens is 322 g/mol. The average molecular weight is 356 g/mol. The summed E-state index contributed by atoms with van der Waals surface area (Å²) in [5, 5.41) is 0. The topological polar surface area (TPSA) is 18.5 Å². The molecule has 0 aromatic rings. The van der Waals surface area contributed by atoms with Gasteiger partial charge in [-0.05, 0) is 55.9 Å². The maximum atomic E-state index is 12.4. The Morgan fingerprint density at radius 2 is 1.44 bits per heavy atom. The number of hydrogen-bond acceptors (Lipinski definition) is 2. The van der Waals surface area contributed by atoms with Gasteiger partial charge in [-0.2, -0.15) is 8.78 Å². The van der Waals surface area contributed by atoms with Crippen LogP contribution in [0.4, 0.5) is 8.78 Å². The highest BCUT2D eigenvalue weighted by Crippen LogP contribution is 2.36. The second kappa shape index (κ2) is 9.45. The summed E-state index contributed by atoms with van der Waals surface area (Å²) in [4.78, 5) is 0. The average Bonchev–Trinajstić information content (AvgIpc) is 2.62. The lowest BCUT2D eigenvalue weighted by atomic mass is 9.79. The molecule has 0 unspecified atom stereocenters. The van der Waals surface area contributed by atoms with Gasteiger partial charge in [-0.3, -0.25) is 0 Å². The highest BCUT2D eigenvalue weighted by Gasteiger charge is 2.32. The normalized spacial score (nSPS) is 39.8. The molecule has 0 amide bonds. The number of ether oxygens (including phenoxy) is 2. The summed E-state index contributed by atoms with van der Waals surface area (Å²) in [6, 6.07) is 0. The van der Waals surface area contributed by atoms with Gasteiger partial charge in [0.1, 0.15) is 0 Å². The van der Waals surface area contributed by atoms with E-state index in [0.29, 0.717) is 11.8 Å². The Labute approximate surface area is 151 Å². The summed E-state index contributed by atoms with van der Waals surface area (Å²) >= 11 is 0. The van der Waals surface area contributed by atoms with Gasteiger partial charge < -0.3 is 9.47 Å². The van der Waals surface area contributed by atoms with Gasteiger partial charge in [0.05, 0.1) is 13.2 Å². The maximum absolute atomic E-state index is 12.4. The van der Waals surface area contributed by atoms with E-state index in [0.717, 1.165) is 56.8 Å². The first-order valence-corrected chi connectivity index (χ1v) is 10.4. The minimum Gasteiger partial charge on any atom is -0.352 e. The number of allylic oxidation sites excluding steroid dienone is 1. The molecule has 1 saturated heterocycles. The van der Waals surface area contributed by atoms with Crippen molar-refractivity contribution in [3.8, 4) is 0 Å². The van der Waals surface area contributed by atoms with Gasteiger partial charge >= 0.3 is 0 Å². The van der Waals surface area contributed by atoms with Crippen molar-refractivity contribution >= 4 is 0 Å². The Bertz CT molecular complexity index is 412. The van der Waals surface area contributed by atoms with E-state index in [1.807, 2.05) is 0 Å². The van der Waals surface area contributed by atoms with Gasteiger partial charge in [0.2, 0.25) is 0 Å². The summed E-state index contributed by atoms with van der Waals surface area (Å²) in [7, 11) is 0. The fourth-order valence-corrected chi connectivity index (χ4v) is 4.85. The molecule has 1 heterocycles. The fraction of sp³-hybridized carbons (Fsp3) is 0.905. The van der Waals surface area contributed by atoms with E-state index in [-0.39, 0.29) is 12.2 Å². The lowest BCUT2D eigenvalue weighted by molar-refractivity contribution is -0.230. The maximum Gasteiger partial charge on any atom is 0.266 e. The molecule has 2 saturated carbocycles. The number of halogens is 2. The molecule has 0 spiro atoms. The van der Waals surface area contributed by atoms with Crippen LogP contribution < -0.4 is 0 Å². The van der Waals surface area contributed by atoms with Crippen molar-refractivity contribution in [3.05, 3.63) is 12.2 Å². The van der Waals surface area contributed by atoms with E-state index in [9.17, 15) is 8.78 Å². The van der Waals surface area contributed by atoms with E-state index < -0.39 is 6.08 Å². The zero-order valence-electron chi connectivity index (χ0n) is 15.6. The third-order valence-electron chi connectivity index (χ3n) is 6.67. The zero-order chi connectivity index (χ0) is 17.6. The number of rotatable bonds is 5. The largest absolute Gasteiger partial charge is 0.352 e. The van der Waals surface area contributed by atoms with Crippen LogP contribution >= 0.6 is 0 Å². The van der Waals surface area contributed by atoms with Crippen LogP contribution in [0.1, 0.15) is 71.1 Å². The molecule has 0 bridgehead atoms. The standard InChI is InChI=1S/C21H34F2O2/c1-15-2-4-16(5-3-15)6-7-18-13-24-21(25-14-18)19-10-8-17(9-11-19)12-20(22)23/h12,15-19,21H,2-11,13-14H2,1H3. The van der Waals surface area contributed by atoms with Gasteiger partial charge in [-0.1, -0.05) is 39.0 Å². The van der Waals surface area contributed by atoms with Crippen molar-refractivity contribution in [3.63, 3.8) is 0 Å². The van der Waals surface area contributed by atoms with E-state index in [1.54, 1.807) is 0 Å². The summed E-state index contributed by atoms with van der Waals surface area (Å²) < 4.78 is 36.7. The third kappa shape index (κ3) is 6.02. The second-order valence-corrected chi connectivity index (χ2v) is 8.74. The molecule has 4 heteroatoms. The lowest BCUT2D eigenvalue weighted by Crippen LogP contribution is -2.38. The fourth-order valence-electron chi connectivity index (χ4n) is 4.85. The molecule has 144 valence electrons. The molecule has 0 aromatic carbocycles. The highest BCUT2D eigenvalue weighted by molar-refractivity contribution is 4.91. The molecule has 0 aromatic heterocycles. The van der Waals surface area contributed by atoms with Gasteiger partial charge in [0.25, 0.3) is 6.08 Å². The Balaban J connectivity index is 1.32. The summed E-state index contributed by atoms with van der Waals surface area (Å²) in [5.74, 6) is 2.79. The van der Waals surface area contributed by atoms with E-state index in [2.05, 4.69) is 6.92 Å². The quantitative estimate of drug-likeness (QED) is 0.586. The first-order valence-electron chi connectivity index (χ1n) is 10.4. The monoisotopic (exact) mass is 356 g/mol. The first kappa shape index (κ1) is 19.3. The van der Waals surface area contributed by atoms with Crippen LogP contribution in [0.3, 0.4) is 0 Å². The van der Waals surface area contributed by atoms with Crippen LogP contribution in [-0.4, -0.2) is 19.5 Å². The smallest absolute Gasteiger partial charge is 0.266 e. The van der Waals surface area contributed by atoms with Crippen molar-refractivity contribution in [1.82, 2.24) is 0 Å².